The minimum Gasteiger partial charge on any atom is -0.478 e. The van der Waals surface area contributed by atoms with Crippen LogP contribution in [0, 0.1) is 0 Å². The summed E-state index contributed by atoms with van der Waals surface area (Å²) < 4.78 is 25.3. The standard InChI is InChI=1S/C12H17NO4S/c1-4-9-6-7-10(8-11(9)12(14)15)18(16,17)13(3)5-2/h6-8H,4-5H2,1-3H3,(H,14,15). The Balaban J connectivity index is 3.37. The highest BCUT2D eigenvalue weighted by atomic mass is 32.2. The minimum absolute atomic E-state index is 0.0152. The molecule has 100 valence electrons. The van der Waals surface area contributed by atoms with Crippen molar-refractivity contribution in [3.05, 3.63) is 29.3 Å². The first kappa shape index (κ1) is 14.7. The fraction of sp³-hybridized carbons (Fsp3) is 0.417. The van der Waals surface area contributed by atoms with Gasteiger partial charge in [-0.25, -0.2) is 17.5 Å². The van der Waals surface area contributed by atoms with Crippen molar-refractivity contribution in [3.8, 4) is 0 Å². The van der Waals surface area contributed by atoms with Gasteiger partial charge in [0.1, 0.15) is 0 Å². The number of aryl methyl sites for hydroxylation is 1. The van der Waals surface area contributed by atoms with E-state index in [1.165, 1.54) is 23.5 Å². The molecule has 0 bridgehead atoms. The number of nitrogens with zero attached hydrogens (tertiary/aromatic N) is 1. The third-order valence-corrected chi connectivity index (χ3v) is 4.77. The third-order valence-electron chi connectivity index (χ3n) is 2.85. The van der Waals surface area contributed by atoms with Crippen molar-refractivity contribution < 1.29 is 18.3 Å². The first-order chi connectivity index (χ1) is 8.34. The Hall–Kier alpha value is -1.40. The molecule has 0 saturated heterocycles. The Labute approximate surface area is 107 Å². The molecule has 1 rings (SSSR count). The summed E-state index contributed by atoms with van der Waals surface area (Å²) in [5.41, 5.74) is 0.670. The first-order valence-electron chi connectivity index (χ1n) is 5.67. The van der Waals surface area contributed by atoms with E-state index in [2.05, 4.69) is 0 Å². The molecule has 0 aliphatic rings. The Morgan fingerprint density at radius 1 is 1.33 bits per heavy atom. The van der Waals surface area contributed by atoms with Crippen LogP contribution in [0.15, 0.2) is 23.1 Å². The van der Waals surface area contributed by atoms with Crippen LogP contribution in [0.2, 0.25) is 0 Å². The second-order valence-electron chi connectivity index (χ2n) is 3.90. The van der Waals surface area contributed by atoms with Crippen LogP contribution in [0.4, 0.5) is 0 Å². The fourth-order valence-electron chi connectivity index (χ4n) is 1.57. The van der Waals surface area contributed by atoms with Gasteiger partial charge in [-0.05, 0) is 24.1 Å². The maximum atomic E-state index is 12.1. The lowest BCUT2D eigenvalue weighted by molar-refractivity contribution is 0.0695. The molecule has 1 aromatic rings. The lowest BCUT2D eigenvalue weighted by atomic mass is 10.1. The van der Waals surface area contributed by atoms with Crippen molar-refractivity contribution in [1.29, 1.82) is 0 Å². The van der Waals surface area contributed by atoms with Gasteiger partial charge in [0.25, 0.3) is 0 Å². The maximum Gasteiger partial charge on any atom is 0.336 e. The molecule has 0 atom stereocenters. The SMILES string of the molecule is CCc1ccc(S(=O)(=O)N(C)CC)cc1C(=O)O. The van der Waals surface area contributed by atoms with Crippen LogP contribution in [-0.2, 0) is 16.4 Å². The molecule has 1 N–H and O–H groups in total. The summed E-state index contributed by atoms with van der Waals surface area (Å²) in [6, 6.07) is 4.23. The van der Waals surface area contributed by atoms with E-state index in [1.54, 1.807) is 13.0 Å². The Morgan fingerprint density at radius 2 is 1.94 bits per heavy atom. The zero-order valence-electron chi connectivity index (χ0n) is 10.7. The molecule has 0 saturated carbocycles. The number of rotatable bonds is 5. The summed E-state index contributed by atoms with van der Waals surface area (Å²) in [6.45, 7) is 3.88. The van der Waals surface area contributed by atoms with Crippen molar-refractivity contribution in [2.24, 2.45) is 0 Å². The number of hydrogen-bond donors (Lipinski definition) is 1. The number of carbonyl (C=O) groups is 1. The molecule has 0 spiro atoms. The molecule has 0 amide bonds. The van der Waals surface area contributed by atoms with E-state index in [9.17, 15) is 13.2 Å². The lowest BCUT2D eigenvalue weighted by Gasteiger charge is -2.15. The van der Waals surface area contributed by atoms with Gasteiger partial charge in [-0.1, -0.05) is 19.9 Å². The van der Waals surface area contributed by atoms with Gasteiger partial charge in [-0.2, -0.15) is 0 Å². The van der Waals surface area contributed by atoms with Crippen molar-refractivity contribution in [2.45, 2.75) is 25.2 Å². The fourth-order valence-corrected chi connectivity index (χ4v) is 2.78. The van der Waals surface area contributed by atoms with Crippen molar-refractivity contribution in [3.63, 3.8) is 0 Å². The molecule has 1 aromatic carbocycles. The van der Waals surface area contributed by atoms with E-state index in [0.717, 1.165) is 0 Å². The molecule has 5 nitrogen and oxygen atoms in total. The van der Waals surface area contributed by atoms with Gasteiger partial charge in [-0.3, -0.25) is 0 Å². The number of benzene rings is 1. The zero-order valence-corrected chi connectivity index (χ0v) is 11.5. The highest BCUT2D eigenvalue weighted by Gasteiger charge is 2.21. The third kappa shape index (κ3) is 2.70. The van der Waals surface area contributed by atoms with Gasteiger partial charge >= 0.3 is 5.97 Å². The molecular formula is C12H17NO4S. The van der Waals surface area contributed by atoms with Crippen molar-refractivity contribution in [1.82, 2.24) is 4.31 Å². The van der Waals surface area contributed by atoms with Gasteiger partial charge < -0.3 is 5.11 Å². The molecule has 0 aliphatic heterocycles. The summed E-state index contributed by atoms with van der Waals surface area (Å²) in [5, 5.41) is 9.07. The predicted molar refractivity (Wildman–Crippen MR) is 68.3 cm³/mol. The maximum absolute atomic E-state index is 12.1. The van der Waals surface area contributed by atoms with E-state index in [1.807, 2.05) is 6.92 Å². The molecule has 6 heteroatoms. The van der Waals surface area contributed by atoms with E-state index in [4.69, 9.17) is 5.11 Å². The highest BCUT2D eigenvalue weighted by Crippen LogP contribution is 2.19. The molecule has 0 fully saturated rings. The summed E-state index contributed by atoms with van der Waals surface area (Å²) in [4.78, 5) is 11.1. The van der Waals surface area contributed by atoms with E-state index in [0.29, 0.717) is 18.5 Å². The lowest BCUT2D eigenvalue weighted by Crippen LogP contribution is -2.26. The number of aromatic carboxylic acids is 1. The Morgan fingerprint density at radius 3 is 2.39 bits per heavy atom. The molecule has 0 aliphatic carbocycles. The first-order valence-corrected chi connectivity index (χ1v) is 7.11. The number of hydrogen-bond acceptors (Lipinski definition) is 3. The molecule has 18 heavy (non-hydrogen) atoms. The monoisotopic (exact) mass is 271 g/mol. The molecule has 0 radical (unpaired) electrons. The largest absolute Gasteiger partial charge is 0.478 e. The van der Waals surface area contributed by atoms with Crippen LogP contribution in [0.1, 0.15) is 29.8 Å². The minimum atomic E-state index is -3.60. The normalized spacial score (nSPS) is 11.8. The number of carboxylic acid groups (broad SMARTS) is 1. The van der Waals surface area contributed by atoms with Gasteiger partial charge in [0.05, 0.1) is 10.5 Å². The summed E-state index contributed by atoms with van der Waals surface area (Å²) in [7, 11) is -2.14. The van der Waals surface area contributed by atoms with Gasteiger partial charge in [0.15, 0.2) is 0 Å². The van der Waals surface area contributed by atoms with E-state index >= 15 is 0 Å². The van der Waals surface area contributed by atoms with Gasteiger partial charge in [-0.15, -0.1) is 0 Å². The smallest absolute Gasteiger partial charge is 0.336 e. The quantitative estimate of drug-likeness (QED) is 0.882. The number of sulfonamides is 1. The van der Waals surface area contributed by atoms with Crippen LogP contribution in [0.3, 0.4) is 0 Å². The summed E-state index contributed by atoms with van der Waals surface area (Å²) in [6.07, 6.45) is 0.547. The van der Waals surface area contributed by atoms with Crippen LogP contribution in [0.5, 0.6) is 0 Å². The van der Waals surface area contributed by atoms with Gasteiger partial charge in [0.2, 0.25) is 10.0 Å². The van der Waals surface area contributed by atoms with Gasteiger partial charge in [0, 0.05) is 13.6 Å². The van der Waals surface area contributed by atoms with Crippen LogP contribution in [-0.4, -0.2) is 37.4 Å². The average molecular weight is 271 g/mol. The molecule has 0 aromatic heterocycles. The van der Waals surface area contributed by atoms with Crippen LogP contribution in [0.25, 0.3) is 0 Å². The molecule has 0 heterocycles. The molecule has 0 unspecified atom stereocenters. The highest BCUT2D eigenvalue weighted by molar-refractivity contribution is 7.89. The zero-order chi connectivity index (χ0) is 13.9. The Bertz CT molecular complexity index is 551. The second kappa shape index (κ2) is 5.49. The summed E-state index contributed by atoms with van der Waals surface area (Å²) >= 11 is 0. The molecular weight excluding hydrogens is 254 g/mol. The predicted octanol–water partition coefficient (Wildman–Crippen LogP) is 1.59. The summed E-state index contributed by atoms with van der Waals surface area (Å²) in [5.74, 6) is -1.11. The van der Waals surface area contributed by atoms with E-state index < -0.39 is 16.0 Å². The number of carboxylic acids is 1. The second-order valence-corrected chi connectivity index (χ2v) is 5.94. The average Bonchev–Trinajstić information content (AvgIpc) is 2.36. The van der Waals surface area contributed by atoms with E-state index in [-0.39, 0.29) is 10.5 Å². The van der Waals surface area contributed by atoms with Crippen molar-refractivity contribution in [2.75, 3.05) is 13.6 Å². The topological polar surface area (TPSA) is 74.7 Å². The van der Waals surface area contributed by atoms with Crippen LogP contribution < -0.4 is 0 Å². The Kier molecular flexibility index (Phi) is 4.48. The van der Waals surface area contributed by atoms with Crippen molar-refractivity contribution >= 4 is 16.0 Å². The van der Waals surface area contributed by atoms with Crippen LogP contribution >= 0.6 is 0 Å².